The number of phosphoric acid groups is 1. The SMILES string of the molecule is CC/C=C\C/C=C\C/C=C\C/C=C\C/C=C\C/C=C\CCCCCCCCCOCC(COP(=O)([O-])OCC[N+](C)(C)C)OC(=O)CC. The number of unbranched alkanes of at least 4 members (excludes halogenated alkanes) is 7. The molecule has 0 fully saturated rings. The topological polar surface area (TPSA) is 94.1 Å². The molecule has 0 aliphatic heterocycles. The van der Waals surface area contributed by atoms with Gasteiger partial charge in [0.05, 0.1) is 34.4 Å². The van der Waals surface area contributed by atoms with Crippen molar-refractivity contribution in [1.82, 2.24) is 0 Å². The van der Waals surface area contributed by atoms with Gasteiger partial charge in [-0.25, -0.2) is 0 Å². The van der Waals surface area contributed by atoms with Crippen LogP contribution in [-0.4, -0.2) is 70.7 Å². The maximum atomic E-state index is 12.1. The lowest BCUT2D eigenvalue weighted by Gasteiger charge is -2.28. The Labute approximate surface area is 293 Å². The molecule has 0 rings (SSSR count). The molecule has 8 nitrogen and oxygen atoms in total. The summed E-state index contributed by atoms with van der Waals surface area (Å²) in [4.78, 5) is 23.8. The Kier molecular flexibility index (Phi) is 30.8. The standard InChI is InChI=1S/C39H68NO7P/c1-6-8-9-10-11-12-13-14-15-16-17-18-19-20-21-22-23-24-25-26-27-28-29-30-31-32-34-44-36-38(47-39(41)7-2)37-46-48(42,43)45-35-33-40(3,4)5/h8-9,11-12,14-15,17-18,20-21,23-24,38H,6-7,10,13,16,19,22,25-37H2,1-5H3/b9-8-,12-11-,15-14-,18-17-,21-20-,24-23-. The van der Waals surface area contributed by atoms with Crippen LogP contribution < -0.4 is 4.89 Å². The molecule has 0 aliphatic rings. The Bertz CT molecular complexity index is 995. The number of phosphoric ester groups is 1. The fourth-order valence-corrected chi connectivity index (χ4v) is 4.96. The molecule has 9 heteroatoms. The smallest absolute Gasteiger partial charge is 0.305 e. The molecule has 0 heterocycles. The maximum absolute atomic E-state index is 12.1. The highest BCUT2D eigenvalue weighted by Crippen LogP contribution is 2.38. The lowest BCUT2D eigenvalue weighted by Crippen LogP contribution is -2.37. The highest BCUT2D eigenvalue weighted by Gasteiger charge is 2.19. The molecule has 0 saturated heterocycles. The van der Waals surface area contributed by atoms with Gasteiger partial charge in [-0.3, -0.25) is 9.36 Å². The zero-order valence-corrected chi connectivity index (χ0v) is 31.8. The van der Waals surface area contributed by atoms with Gasteiger partial charge < -0.3 is 27.9 Å². The van der Waals surface area contributed by atoms with Crippen LogP contribution in [0.5, 0.6) is 0 Å². The fraction of sp³-hybridized carbons (Fsp3) is 0.667. The molecule has 48 heavy (non-hydrogen) atoms. The molecule has 0 bridgehead atoms. The van der Waals surface area contributed by atoms with E-state index in [0.717, 1.165) is 64.2 Å². The van der Waals surface area contributed by atoms with Gasteiger partial charge in [0.2, 0.25) is 0 Å². The average Bonchev–Trinajstić information content (AvgIpc) is 3.04. The lowest BCUT2D eigenvalue weighted by atomic mass is 10.1. The van der Waals surface area contributed by atoms with Crippen molar-refractivity contribution in [2.75, 3.05) is 54.1 Å². The van der Waals surface area contributed by atoms with E-state index in [4.69, 9.17) is 18.5 Å². The molecule has 2 unspecified atom stereocenters. The second kappa shape index (κ2) is 32.2. The van der Waals surface area contributed by atoms with Crippen LogP contribution in [0.1, 0.15) is 110 Å². The van der Waals surface area contributed by atoms with E-state index in [0.29, 0.717) is 17.6 Å². The summed E-state index contributed by atoms with van der Waals surface area (Å²) in [5.74, 6) is -0.431. The zero-order valence-electron chi connectivity index (χ0n) is 30.9. The van der Waals surface area contributed by atoms with Crippen molar-refractivity contribution in [3.05, 3.63) is 72.9 Å². The highest BCUT2D eigenvalue weighted by atomic mass is 31.2. The molecule has 0 radical (unpaired) electrons. The Morgan fingerprint density at radius 3 is 1.62 bits per heavy atom. The third-order valence-electron chi connectivity index (χ3n) is 7.08. The number of carbonyl (C=O) groups excluding carboxylic acids is 1. The van der Waals surface area contributed by atoms with Crippen LogP contribution in [0.25, 0.3) is 0 Å². The summed E-state index contributed by atoms with van der Waals surface area (Å²) in [5.41, 5.74) is 0. The largest absolute Gasteiger partial charge is 0.756 e. The summed E-state index contributed by atoms with van der Waals surface area (Å²) >= 11 is 0. The third kappa shape index (κ3) is 35.3. The number of hydrogen-bond acceptors (Lipinski definition) is 7. The molecular weight excluding hydrogens is 625 g/mol. The van der Waals surface area contributed by atoms with Crippen molar-refractivity contribution >= 4 is 13.8 Å². The summed E-state index contributed by atoms with van der Waals surface area (Å²) in [6, 6.07) is 0. The van der Waals surface area contributed by atoms with Crippen molar-refractivity contribution < 1.29 is 37.3 Å². The summed E-state index contributed by atoms with van der Waals surface area (Å²) in [6.07, 6.45) is 41.5. The van der Waals surface area contributed by atoms with Crippen LogP contribution in [0.4, 0.5) is 0 Å². The molecule has 0 aromatic carbocycles. The summed E-state index contributed by atoms with van der Waals surface area (Å²) in [7, 11) is 1.32. The molecule has 0 N–H and O–H groups in total. The number of allylic oxidation sites excluding steroid dienone is 12. The van der Waals surface area contributed by atoms with E-state index in [-0.39, 0.29) is 26.2 Å². The van der Waals surface area contributed by atoms with Gasteiger partial charge in [-0.15, -0.1) is 0 Å². The number of carbonyl (C=O) groups is 1. The molecule has 2 atom stereocenters. The minimum absolute atomic E-state index is 0.0175. The van der Waals surface area contributed by atoms with E-state index in [2.05, 4.69) is 79.8 Å². The molecule has 0 amide bonds. The van der Waals surface area contributed by atoms with Crippen LogP contribution >= 0.6 is 7.82 Å². The van der Waals surface area contributed by atoms with Crippen LogP contribution in [0.3, 0.4) is 0 Å². The number of nitrogens with zero attached hydrogens (tertiary/aromatic N) is 1. The number of rotatable bonds is 32. The Morgan fingerprint density at radius 1 is 0.646 bits per heavy atom. The first-order chi connectivity index (χ1) is 23.1. The normalized spacial score (nSPS) is 14.9. The third-order valence-corrected chi connectivity index (χ3v) is 8.04. The highest BCUT2D eigenvalue weighted by molar-refractivity contribution is 7.45. The van der Waals surface area contributed by atoms with Crippen LogP contribution in [0, 0.1) is 0 Å². The van der Waals surface area contributed by atoms with E-state index in [1.807, 2.05) is 21.1 Å². The van der Waals surface area contributed by atoms with Crippen molar-refractivity contribution in [3.8, 4) is 0 Å². The maximum Gasteiger partial charge on any atom is 0.305 e. The van der Waals surface area contributed by atoms with Crippen molar-refractivity contribution in [3.63, 3.8) is 0 Å². The van der Waals surface area contributed by atoms with Gasteiger partial charge in [0.25, 0.3) is 7.82 Å². The fourth-order valence-electron chi connectivity index (χ4n) is 4.23. The minimum atomic E-state index is -4.49. The van der Waals surface area contributed by atoms with Crippen molar-refractivity contribution in [2.45, 2.75) is 116 Å². The zero-order chi connectivity index (χ0) is 35.6. The van der Waals surface area contributed by atoms with Gasteiger partial charge in [0.15, 0.2) is 0 Å². The number of hydrogen-bond donors (Lipinski definition) is 0. The van der Waals surface area contributed by atoms with E-state index >= 15 is 0 Å². The molecule has 276 valence electrons. The average molecular weight is 694 g/mol. The summed E-state index contributed by atoms with van der Waals surface area (Å²) < 4.78 is 33.5. The van der Waals surface area contributed by atoms with Crippen LogP contribution in [-0.2, 0) is 27.9 Å². The number of ether oxygens (including phenoxy) is 2. The van der Waals surface area contributed by atoms with Gasteiger partial charge in [-0.05, 0) is 57.8 Å². The van der Waals surface area contributed by atoms with Gasteiger partial charge in [0, 0.05) is 13.0 Å². The van der Waals surface area contributed by atoms with Crippen LogP contribution in [0.15, 0.2) is 72.9 Å². The number of likely N-dealkylation sites (N-methyl/N-ethyl adjacent to an activating group) is 1. The lowest BCUT2D eigenvalue weighted by molar-refractivity contribution is -0.870. The van der Waals surface area contributed by atoms with E-state index in [1.54, 1.807) is 6.92 Å². The summed E-state index contributed by atoms with van der Waals surface area (Å²) in [5, 5.41) is 0. The minimum Gasteiger partial charge on any atom is -0.756 e. The number of quaternary nitrogens is 1. The molecule has 0 saturated carbocycles. The first-order valence-electron chi connectivity index (χ1n) is 18.2. The quantitative estimate of drug-likeness (QED) is 0.0228. The predicted molar refractivity (Wildman–Crippen MR) is 199 cm³/mol. The molecular formula is C39H68NO7P. The van der Waals surface area contributed by atoms with E-state index < -0.39 is 19.9 Å². The van der Waals surface area contributed by atoms with Gasteiger partial charge in [-0.1, -0.05) is 119 Å². The van der Waals surface area contributed by atoms with Crippen molar-refractivity contribution in [2.24, 2.45) is 0 Å². The van der Waals surface area contributed by atoms with Gasteiger partial charge in [-0.2, -0.15) is 0 Å². The Balaban J connectivity index is 3.80. The second-order valence-corrected chi connectivity index (χ2v) is 14.2. The monoisotopic (exact) mass is 693 g/mol. The first kappa shape index (κ1) is 45.9. The molecule has 0 spiro atoms. The first-order valence-corrected chi connectivity index (χ1v) is 19.6. The Morgan fingerprint density at radius 2 is 1.12 bits per heavy atom. The summed E-state index contributed by atoms with van der Waals surface area (Å²) in [6.45, 7) is 4.65. The molecule has 0 aromatic heterocycles. The molecule has 0 aromatic rings. The number of esters is 1. The molecule has 0 aliphatic carbocycles. The van der Waals surface area contributed by atoms with Crippen molar-refractivity contribution in [1.29, 1.82) is 0 Å². The predicted octanol–water partition coefficient (Wildman–Crippen LogP) is 9.35. The van der Waals surface area contributed by atoms with E-state index in [1.165, 1.54) is 25.7 Å². The second-order valence-electron chi connectivity index (χ2n) is 12.8. The van der Waals surface area contributed by atoms with Gasteiger partial charge >= 0.3 is 5.97 Å². The Hall–Kier alpha value is -2.06. The van der Waals surface area contributed by atoms with E-state index in [9.17, 15) is 14.3 Å². The van der Waals surface area contributed by atoms with Gasteiger partial charge in [0.1, 0.15) is 19.3 Å². The van der Waals surface area contributed by atoms with Crippen LogP contribution in [0.2, 0.25) is 0 Å².